The Kier molecular flexibility index (Phi) is 11.1. The van der Waals surface area contributed by atoms with Gasteiger partial charge in [-0.05, 0) is 0 Å². The minimum atomic E-state index is 1.37. The summed E-state index contributed by atoms with van der Waals surface area (Å²) in [4.78, 5) is 0. The Balaban J connectivity index is 2.69. The van der Waals surface area contributed by atoms with Crippen LogP contribution in [0.2, 0.25) is 6.32 Å². The second-order valence-corrected chi connectivity index (χ2v) is 3.47. The first-order chi connectivity index (χ1) is 5.41. The third-order valence-electron chi connectivity index (χ3n) is 2.21. The SMILES string of the molecule is BBBBBBBBBCC. The van der Waals surface area contributed by atoms with E-state index >= 15 is 0 Å². The normalized spacial score (nSPS) is 7.36. The van der Waals surface area contributed by atoms with Crippen LogP contribution >= 0.6 is 0 Å². The molecule has 0 aromatic rings. The van der Waals surface area contributed by atoms with Gasteiger partial charge < -0.3 is 0 Å². The summed E-state index contributed by atoms with van der Waals surface area (Å²) in [5.74, 6) is 0. The highest BCUT2D eigenvalue weighted by atomic mass is 13.3. The molecule has 9 heteroatoms. The molecule has 0 N–H and O–H groups in total. The molecule has 0 spiro atoms. The van der Waals surface area contributed by atoms with Crippen LogP contribution in [-0.2, 0) is 0 Å². The van der Waals surface area contributed by atoms with E-state index in [1.165, 1.54) is 62.9 Å². The fourth-order valence-electron chi connectivity index (χ4n) is 1.38. The summed E-state index contributed by atoms with van der Waals surface area (Å²) in [6, 6.07) is 0. The molecule has 0 aliphatic carbocycles. The Bertz CT molecular complexity index is 56.6. The highest BCUT2D eigenvalue weighted by Gasteiger charge is 1.98. The first kappa shape index (κ1) is 11.6. The van der Waals surface area contributed by atoms with Crippen molar-refractivity contribution < 1.29 is 0 Å². The Morgan fingerprint density at radius 2 is 1.45 bits per heavy atom. The molecular weight excluding hydrogens is 121 g/mol. The van der Waals surface area contributed by atoms with Crippen LogP contribution in [0.4, 0.5) is 0 Å². The van der Waals surface area contributed by atoms with E-state index in [2.05, 4.69) is 14.7 Å². The smallest absolute Gasteiger partial charge is 0.0772 e. The van der Waals surface area contributed by atoms with Crippen LogP contribution in [-0.4, -0.2) is 64.3 Å². The molecule has 0 amide bonds. The molecule has 0 aliphatic rings. The molecule has 0 aromatic carbocycles. The number of hydrogen-bond donors (Lipinski definition) is 0. The Morgan fingerprint density at radius 3 is 2.00 bits per heavy atom. The summed E-state index contributed by atoms with van der Waals surface area (Å²) in [6.07, 6.45) is 1.37. The molecule has 0 aromatic heterocycles. The van der Waals surface area contributed by atoms with E-state index in [0.29, 0.717) is 0 Å². The summed E-state index contributed by atoms with van der Waals surface area (Å²) in [7, 11) is 13.9. The first-order valence-electron chi connectivity index (χ1n) is 5.41. The molecule has 0 rings (SSSR count). The van der Waals surface area contributed by atoms with Crippen LogP contribution in [0.3, 0.4) is 0 Å². The van der Waals surface area contributed by atoms with Gasteiger partial charge in [-0.15, -0.1) is 0 Å². The third-order valence-corrected chi connectivity index (χ3v) is 2.21. The molecule has 11 heavy (non-hydrogen) atoms. The minimum absolute atomic E-state index is 1.37. The van der Waals surface area contributed by atoms with Gasteiger partial charge in [-0.25, -0.2) is 0 Å². The second-order valence-electron chi connectivity index (χ2n) is 3.47. The fourth-order valence-corrected chi connectivity index (χ4v) is 1.38. The van der Waals surface area contributed by atoms with Gasteiger partial charge in [-0.1, -0.05) is 13.2 Å². The predicted molar refractivity (Wildman–Crippen MR) is 76.2 cm³/mol. The maximum absolute atomic E-state index is 2.27. The van der Waals surface area contributed by atoms with E-state index in [1.807, 2.05) is 0 Å². The fraction of sp³-hybridized carbons (Fsp3) is 1.00. The molecule has 0 fully saturated rings. The van der Waals surface area contributed by atoms with Gasteiger partial charge in [0.1, 0.15) is 0 Å². The summed E-state index contributed by atoms with van der Waals surface area (Å²) >= 11 is 0. The van der Waals surface area contributed by atoms with Crippen LogP contribution in [0.5, 0.6) is 0 Å². The molecule has 0 nitrogen and oxygen atoms in total. The van der Waals surface area contributed by atoms with Gasteiger partial charge in [0, 0.05) is 49.4 Å². The second kappa shape index (κ2) is 10.6. The lowest BCUT2D eigenvalue weighted by molar-refractivity contribution is 1.47. The van der Waals surface area contributed by atoms with E-state index in [0.717, 1.165) is 0 Å². The third kappa shape index (κ3) is 10.6. The van der Waals surface area contributed by atoms with Crippen molar-refractivity contribution in [2.75, 3.05) is 0 Å². The van der Waals surface area contributed by atoms with Crippen molar-refractivity contribution in [3.63, 3.8) is 0 Å². The van der Waals surface area contributed by atoms with E-state index in [-0.39, 0.29) is 0 Å². The Hall–Kier alpha value is 0.584. The maximum Gasteiger partial charge on any atom is 0.0772 e. The largest absolute Gasteiger partial charge is 0.0881 e. The molecule has 0 atom stereocenters. The highest BCUT2D eigenvalue weighted by molar-refractivity contribution is 7.67. The minimum Gasteiger partial charge on any atom is -0.0881 e. The van der Waals surface area contributed by atoms with Crippen molar-refractivity contribution in [3.8, 4) is 0 Å². The van der Waals surface area contributed by atoms with Crippen molar-refractivity contribution in [1.29, 1.82) is 0 Å². The molecule has 0 saturated heterocycles. The van der Waals surface area contributed by atoms with Crippen molar-refractivity contribution in [1.82, 2.24) is 0 Å². The lowest BCUT2D eigenvalue weighted by Crippen LogP contribution is -2.30. The molecule has 0 bridgehead atoms. The van der Waals surface area contributed by atoms with Gasteiger partial charge in [-0.2, -0.15) is 0 Å². The monoisotopic (exact) mass is 138 g/mol. The summed E-state index contributed by atoms with van der Waals surface area (Å²) in [5.41, 5.74) is 0. The van der Waals surface area contributed by atoms with E-state index in [9.17, 15) is 0 Å². The van der Waals surface area contributed by atoms with Crippen molar-refractivity contribution in [3.05, 3.63) is 0 Å². The van der Waals surface area contributed by atoms with Crippen LogP contribution in [0.1, 0.15) is 6.92 Å². The average Bonchev–Trinajstić information content (AvgIpc) is 2.03. The van der Waals surface area contributed by atoms with E-state index in [4.69, 9.17) is 0 Å². The van der Waals surface area contributed by atoms with Gasteiger partial charge >= 0.3 is 0 Å². The van der Waals surface area contributed by atoms with Crippen LogP contribution in [0.15, 0.2) is 0 Å². The molecule has 0 unspecified atom stereocenters. The summed E-state index contributed by atoms with van der Waals surface area (Å²) < 4.78 is 0. The zero-order valence-electron chi connectivity index (χ0n) is 8.36. The van der Waals surface area contributed by atoms with Crippen molar-refractivity contribution in [2.45, 2.75) is 13.2 Å². The number of rotatable bonds is 8. The number of hydrogen-bond acceptors (Lipinski definition) is 0. The van der Waals surface area contributed by atoms with Crippen LogP contribution in [0, 0.1) is 0 Å². The Labute approximate surface area is 78.0 Å². The van der Waals surface area contributed by atoms with Gasteiger partial charge in [-0.3, -0.25) is 0 Å². The zero-order valence-corrected chi connectivity index (χ0v) is 8.36. The quantitative estimate of drug-likeness (QED) is 0.231. The van der Waals surface area contributed by atoms with Crippen LogP contribution < -0.4 is 0 Å². The Morgan fingerprint density at radius 1 is 0.909 bits per heavy atom. The lowest BCUT2D eigenvalue weighted by Gasteiger charge is -1.90. The van der Waals surface area contributed by atoms with E-state index in [1.54, 1.807) is 0 Å². The predicted octanol–water partition coefficient (Wildman–Crippen LogP) is -5.13. The molecular formula is C2H15B9. The maximum atomic E-state index is 2.27. The molecule has 0 saturated carbocycles. The molecule has 50 valence electrons. The summed E-state index contributed by atoms with van der Waals surface area (Å²) in [5, 5.41) is 0. The van der Waals surface area contributed by atoms with Gasteiger partial charge in [0.2, 0.25) is 0 Å². The highest BCUT2D eigenvalue weighted by Crippen LogP contribution is 1.67. The van der Waals surface area contributed by atoms with Gasteiger partial charge in [0.15, 0.2) is 0 Å². The van der Waals surface area contributed by atoms with Gasteiger partial charge in [0.05, 0.1) is 14.9 Å². The first-order valence-corrected chi connectivity index (χ1v) is 5.41. The molecule has 0 radical (unpaired) electrons. The van der Waals surface area contributed by atoms with E-state index < -0.39 is 0 Å². The van der Waals surface area contributed by atoms with Crippen molar-refractivity contribution >= 4 is 64.3 Å². The topological polar surface area (TPSA) is 0 Å². The lowest BCUT2D eigenvalue weighted by atomic mass is 8.90. The average molecular weight is 136 g/mol. The summed E-state index contributed by atoms with van der Waals surface area (Å²) in [6.45, 7) is 2.27. The van der Waals surface area contributed by atoms with Crippen LogP contribution in [0.25, 0.3) is 0 Å². The molecule has 0 aliphatic heterocycles. The standard InChI is InChI=1S/C2H15B9/c1-2-4-6-8-10-11-9-7-5-3/h4-11H,2-3H2,1H3. The molecule has 0 heterocycles. The van der Waals surface area contributed by atoms with Crippen molar-refractivity contribution in [2.24, 2.45) is 0 Å². The van der Waals surface area contributed by atoms with Gasteiger partial charge in [0.25, 0.3) is 0 Å². The zero-order chi connectivity index (χ0) is 8.36.